The molecule has 3 heteroatoms. The van der Waals surface area contributed by atoms with Crippen LogP contribution in [0.4, 0.5) is 0 Å². The first-order valence-corrected chi connectivity index (χ1v) is 8.19. The van der Waals surface area contributed by atoms with Gasteiger partial charge in [0.05, 0.1) is 6.42 Å². The minimum atomic E-state index is -0.807. The quantitative estimate of drug-likeness (QED) is 0.877. The maximum atomic E-state index is 11.4. The molecule has 0 unspecified atom stereocenters. The maximum absolute atomic E-state index is 11.4. The lowest BCUT2D eigenvalue weighted by atomic mass is 9.77. The fourth-order valence-corrected chi connectivity index (χ4v) is 3.26. The predicted molar refractivity (Wildman–Crippen MR) is 92.6 cm³/mol. The van der Waals surface area contributed by atoms with Gasteiger partial charge in [0.25, 0.3) is 0 Å². The Balaban J connectivity index is 1.87. The van der Waals surface area contributed by atoms with Gasteiger partial charge in [-0.25, -0.2) is 0 Å². The third-order valence-corrected chi connectivity index (χ3v) is 4.40. The van der Waals surface area contributed by atoms with Crippen molar-refractivity contribution in [1.82, 2.24) is 0 Å². The largest absolute Gasteiger partial charge is 0.481 e. The van der Waals surface area contributed by atoms with Crippen molar-refractivity contribution in [2.75, 3.05) is 6.61 Å². The molecule has 0 spiro atoms. The van der Waals surface area contributed by atoms with Gasteiger partial charge in [0.2, 0.25) is 0 Å². The maximum Gasteiger partial charge on any atom is 0.303 e. The molecule has 2 aromatic rings. The van der Waals surface area contributed by atoms with Crippen LogP contribution < -0.4 is 0 Å². The van der Waals surface area contributed by atoms with Crippen LogP contribution in [0.1, 0.15) is 29.9 Å². The van der Waals surface area contributed by atoms with E-state index in [2.05, 4.69) is 24.0 Å². The summed E-state index contributed by atoms with van der Waals surface area (Å²) in [5.41, 5.74) is 2.08. The zero-order chi connectivity index (χ0) is 16.8. The Morgan fingerprint density at radius 3 is 2.42 bits per heavy atom. The van der Waals surface area contributed by atoms with Gasteiger partial charge in [0.15, 0.2) is 0 Å². The lowest BCUT2D eigenvalue weighted by Gasteiger charge is -2.35. The van der Waals surface area contributed by atoms with Crippen LogP contribution >= 0.6 is 0 Å². The van der Waals surface area contributed by atoms with Gasteiger partial charge in [-0.1, -0.05) is 60.4 Å². The van der Waals surface area contributed by atoms with Gasteiger partial charge in [-0.15, -0.1) is 0 Å². The molecule has 1 aliphatic rings. The summed E-state index contributed by atoms with van der Waals surface area (Å²) >= 11 is 0. The summed E-state index contributed by atoms with van der Waals surface area (Å²) in [7, 11) is 0. The number of hydrogen-bond donors (Lipinski definition) is 1. The highest BCUT2D eigenvalue weighted by Gasteiger charge is 2.35. The van der Waals surface area contributed by atoms with Crippen molar-refractivity contribution in [3.8, 4) is 11.8 Å². The minimum absolute atomic E-state index is 0.0632. The van der Waals surface area contributed by atoms with Gasteiger partial charge < -0.3 is 9.84 Å². The van der Waals surface area contributed by atoms with Gasteiger partial charge in [-0.2, -0.15) is 0 Å². The summed E-state index contributed by atoms with van der Waals surface area (Å²) in [4.78, 5) is 11.4. The molecular weight excluding hydrogens is 300 g/mol. The fraction of sp³-hybridized carbons (Fsp3) is 0.286. The summed E-state index contributed by atoms with van der Waals surface area (Å²) in [6.45, 7) is 0.601. The Labute approximate surface area is 142 Å². The van der Waals surface area contributed by atoms with E-state index in [1.807, 2.05) is 48.5 Å². The van der Waals surface area contributed by atoms with E-state index < -0.39 is 5.97 Å². The normalized spacial score (nSPS) is 23.1. The number of benzene rings is 2. The van der Waals surface area contributed by atoms with Gasteiger partial charge >= 0.3 is 5.97 Å². The Morgan fingerprint density at radius 2 is 1.75 bits per heavy atom. The molecule has 3 rings (SSSR count). The molecule has 24 heavy (non-hydrogen) atoms. The number of carboxylic acid groups (broad SMARTS) is 1. The van der Waals surface area contributed by atoms with E-state index in [-0.39, 0.29) is 24.4 Å². The van der Waals surface area contributed by atoms with Gasteiger partial charge in [0, 0.05) is 18.1 Å². The summed E-state index contributed by atoms with van der Waals surface area (Å²) in [5.74, 6) is 5.49. The first-order chi connectivity index (χ1) is 11.7. The second kappa shape index (κ2) is 7.81. The average Bonchev–Trinajstić information content (AvgIpc) is 2.62. The average molecular weight is 320 g/mol. The Hall–Kier alpha value is -2.57. The zero-order valence-electron chi connectivity index (χ0n) is 13.4. The van der Waals surface area contributed by atoms with Crippen molar-refractivity contribution in [2.45, 2.75) is 24.9 Å². The van der Waals surface area contributed by atoms with Crippen molar-refractivity contribution in [3.05, 3.63) is 71.8 Å². The molecule has 0 aromatic heterocycles. The summed E-state index contributed by atoms with van der Waals surface area (Å²) < 4.78 is 5.83. The van der Waals surface area contributed by atoms with Crippen LogP contribution in [0.15, 0.2) is 60.7 Å². The first kappa shape index (κ1) is 16.3. The number of carboxylic acids is 1. The van der Waals surface area contributed by atoms with E-state index >= 15 is 0 Å². The SMILES string of the molecule is O=C(O)C[C@@H]1[C@H](C#Cc2ccccc2)OCC[C@H]1c1ccccc1. The van der Waals surface area contributed by atoms with Gasteiger partial charge in [-0.3, -0.25) is 4.79 Å². The minimum Gasteiger partial charge on any atom is -0.481 e. The third-order valence-electron chi connectivity index (χ3n) is 4.40. The second-order valence-corrected chi connectivity index (χ2v) is 5.99. The molecule has 0 amide bonds. The number of aliphatic carboxylic acids is 1. The molecule has 1 aliphatic heterocycles. The molecule has 1 heterocycles. The topological polar surface area (TPSA) is 46.5 Å². The van der Waals surface area contributed by atoms with E-state index in [1.165, 1.54) is 5.56 Å². The molecule has 3 nitrogen and oxygen atoms in total. The van der Waals surface area contributed by atoms with E-state index in [4.69, 9.17) is 4.74 Å². The lowest BCUT2D eigenvalue weighted by molar-refractivity contribution is -0.140. The highest BCUT2D eigenvalue weighted by molar-refractivity contribution is 5.67. The van der Waals surface area contributed by atoms with Crippen molar-refractivity contribution >= 4 is 5.97 Å². The third kappa shape index (κ3) is 4.04. The highest BCUT2D eigenvalue weighted by Crippen LogP contribution is 2.37. The smallest absolute Gasteiger partial charge is 0.303 e. The standard InChI is InChI=1S/C21H20O3/c22-21(23)15-19-18(17-9-5-2-6-10-17)13-14-24-20(19)12-11-16-7-3-1-4-8-16/h1-10,18-20H,13-15H2,(H,22,23)/t18-,19-,20-/m0/s1. The van der Waals surface area contributed by atoms with Crippen LogP contribution in [0.2, 0.25) is 0 Å². The van der Waals surface area contributed by atoms with E-state index in [9.17, 15) is 9.90 Å². The zero-order valence-corrected chi connectivity index (χ0v) is 13.4. The van der Waals surface area contributed by atoms with Crippen LogP contribution in [-0.2, 0) is 9.53 Å². The monoisotopic (exact) mass is 320 g/mol. The summed E-state index contributed by atoms with van der Waals surface area (Å²) in [6, 6.07) is 19.8. The van der Waals surface area contributed by atoms with E-state index in [0.717, 1.165) is 12.0 Å². The predicted octanol–water partition coefficient (Wildman–Crippen LogP) is 3.70. The second-order valence-electron chi connectivity index (χ2n) is 5.99. The van der Waals surface area contributed by atoms with Gasteiger partial charge in [0.1, 0.15) is 6.10 Å². The van der Waals surface area contributed by atoms with Crippen LogP contribution in [0, 0.1) is 17.8 Å². The molecule has 0 bridgehead atoms. The number of carbonyl (C=O) groups is 1. The molecule has 1 saturated heterocycles. The molecule has 0 aliphatic carbocycles. The number of hydrogen-bond acceptors (Lipinski definition) is 2. The molecule has 2 aromatic carbocycles. The van der Waals surface area contributed by atoms with Crippen molar-refractivity contribution in [3.63, 3.8) is 0 Å². The van der Waals surface area contributed by atoms with Gasteiger partial charge in [-0.05, 0) is 30.0 Å². The first-order valence-electron chi connectivity index (χ1n) is 8.19. The van der Waals surface area contributed by atoms with Crippen LogP contribution in [-0.4, -0.2) is 23.8 Å². The van der Waals surface area contributed by atoms with Crippen LogP contribution in [0.25, 0.3) is 0 Å². The molecule has 1 N–H and O–H groups in total. The number of ether oxygens (including phenoxy) is 1. The van der Waals surface area contributed by atoms with E-state index in [1.54, 1.807) is 0 Å². The highest BCUT2D eigenvalue weighted by atomic mass is 16.5. The fourth-order valence-electron chi connectivity index (χ4n) is 3.26. The Kier molecular flexibility index (Phi) is 5.30. The summed E-state index contributed by atoms with van der Waals surface area (Å²) in [6.07, 6.45) is 0.527. The van der Waals surface area contributed by atoms with Crippen molar-refractivity contribution in [2.24, 2.45) is 5.92 Å². The lowest BCUT2D eigenvalue weighted by Crippen LogP contribution is -2.36. The Bertz CT molecular complexity index is 728. The molecule has 0 saturated carbocycles. The molecular formula is C21H20O3. The van der Waals surface area contributed by atoms with Crippen molar-refractivity contribution in [1.29, 1.82) is 0 Å². The molecule has 3 atom stereocenters. The van der Waals surface area contributed by atoms with Crippen LogP contribution in [0.3, 0.4) is 0 Å². The van der Waals surface area contributed by atoms with Crippen molar-refractivity contribution < 1.29 is 14.6 Å². The summed E-state index contributed by atoms with van der Waals surface area (Å²) in [5, 5.41) is 9.33. The van der Waals surface area contributed by atoms with Crippen LogP contribution in [0.5, 0.6) is 0 Å². The molecule has 122 valence electrons. The van der Waals surface area contributed by atoms with E-state index in [0.29, 0.717) is 6.61 Å². The Morgan fingerprint density at radius 1 is 1.08 bits per heavy atom. The molecule has 0 radical (unpaired) electrons. The molecule has 1 fully saturated rings. The number of rotatable bonds is 3.